The number of phenols is 1. The molecule has 0 aromatic heterocycles. The van der Waals surface area contributed by atoms with Gasteiger partial charge in [0.15, 0.2) is 0 Å². The number of phenolic OH excluding ortho intramolecular Hbond substituents is 1. The fraction of sp³-hybridized carbons (Fsp3) is 0.600. The quantitative estimate of drug-likeness (QED) is 0.824. The van der Waals surface area contributed by atoms with Crippen LogP contribution in [-0.2, 0) is 0 Å². The standard InChI is InChI=1S/C15H22O2/c1-9(2)12-5-4-11(8-16)13-7-15(17)10(3)6-14(12)13/h6-7,9,11-12,16-17H,4-5,8H2,1-3H3. The monoisotopic (exact) mass is 234 g/mol. The maximum Gasteiger partial charge on any atom is 0.118 e. The Kier molecular flexibility index (Phi) is 3.43. The smallest absolute Gasteiger partial charge is 0.118 e. The molecule has 0 fully saturated rings. The van der Waals surface area contributed by atoms with E-state index in [-0.39, 0.29) is 12.5 Å². The van der Waals surface area contributed by atoms with E-state index in [2.05, 4.69) is 19.9 Å². The maximum atomic E-state index is 9.83. The molecule has 2 nitrogen and oxygen atoms in total. The number of hydrogen-bond donors (Lipinski definition) is 2. The predicted molar refractivity (Wildman–Crippen MR) is 69.5 cm³/mol. The van der Waals surface area contributed by atoms with Gasteiger partial charge in [-0.15, -0.1) is 0 Å². The number of rotatable bonds is 2. The summed E-state index contributed by atoms with van der Waals surface area (Å²) in [5, 5.41) is 19.3. The van der Waals surface area contributed by atoms with Crippen LogP contribution in [0.3, 0.4) is 0 Å². The van der Waals surface area contributed by atoms with Gasteiger partial charge in [0.05, 0.1) is 0 Å². The molecule has 0 saturated heterocycles. The number of hydrogen-bond acceptors (Lipinski definition) is 2. The van der Waals surface area contributed by atoms with Crippen LogP contribution in [0.4, 0.5) is 0 Å². The zero-order valence-electron chi connectivity index (χ0n) is 10.9. The fourth-order valence-electron chi connectivity index (χ4n) is 2.98. The summed E-state index contributed by atoms with van der Waals surface area (Å²) in [6, 6.07) is 3.97. The van der Waals surface area contributed by atoms with Crippen molar-refractivity contribution in [3.05, 3.63) is 28.8 Å². The van der Waals surface area contributed by atoms with Gasteiger partial charge in [0.1, 0.15) is 5.75 Å². The largest absolute Gasteiger partial charge is 0.508 e. The van der Waals surface area contributed by atoms with Crippen LogP contribution in [-0.4, -0.2) is 16.8 Å². The number of aromatic hydroxyl groups is 1. The second-order valence-corrected chi connectivity index (χ2v) is 5.57. The highest BCUT2D eigenvalue weighted by atomic mass is 16.3. The first-order chi connectivity index (χ1) is 8.04. The first kappa shape index (κ1) is 12.4. The summed E-state index contributed by atoms with van der Waals surface area (Å²) in [5.41, 5.74) is 3.43. The molecular weight excluding hydrogens is 212 g/mol. The molecule has 0 heterocycles. The van der Waals surface area contributed by atoms with Crippen molar-refractivity contribution in [2.24, 2.45) is 5.92 Å². The van der Waals surface area contributed by atoms with Crippen molar-refractivity contribution in [3.8, 4) is 5.75 Å². The molecule has 2 heteroatoms. The van der Waals surface area contributed by atoms with Crippen LogP contribution in [0.15, 0.2) is 12.1 Å². The summed E-state index contributed by atoms with van der Waals surface area (Å²) in [4.78, 5) is 0. The van der Waals surface area contributed by atoms with Crippen LogP contribution in [0.25, 0.3) is 0 Å². The molecule has 0 amide bonds. The van der Waals surface area contributed by atoms with Crippen LogP contribution in [0.5, 0.6) is 5.75 Å². The van der Waals surface area contributed by atoms with Crippen LogP contribution in [0.2, 0.25) is 0 Å². The van der Waals surface area contributed by atoms with Crippen molar-refractivity contribution >= 4 is 0 Å². The molecule has 0 bridgehead atoms. The Morgan fingerprint density at radius 1 is 1.24 bits per heavy atom. The minimum atomic E-state index is 0.181. The Morgan fingerprint density at radius 2 is 1.94 bits per heavy atom. The van der Waals surface area contributed by atoms with Gasteiger partial charge in [-0.05, 0) is 54.4 Å². The van der Waals surface area contributed by atoms with Crippen molar-refractivity contribution in [1.29, 1.82) is 0 Å². The summed E-state index contributed by atoms with van der Waals surface area (Å²) < 4.78 is 0. The van der Waals surface area contributed by atoms with Crippen LogP contribution >= 0.6 is 0 Å². The summed E-state index contributed by atoms with van der Waals surface area (Å²) >= 11 is 0. The number of aliphatic hydroxyl groups is 1. The predicted octanol–water partition coefficient (Wildman–Crippen LogP) is 3.31. The molecule has 0 radical (unpaired) electrons. The van der Waals surface area contributed by atoms with Crippen molar-refractivity contribution in [3.63, 3.8) is 0 Å². The van der Waals surface area contributed by atoms with Crippen LogP contribution < -0.4 is 0 Å². The lowest BCUT2D eigenvalue weighted by Crippen LogP contribution is -2.20. The number of aliphatic hydroxyl groups excluding tert-OH is 1. The van der Waals surface area contributed by atoms with E-state index in [1.54, 1.807) is 0 Å². The minimum Gasteiger partial charge on any atom is -0.508 e. The highest BCUT2D eigenvalue weighted by molar-refractivity contribution is 5.46. The van der Waals surface area contributed by atoms with Gasteiger partial charge < -0.3 is 10.2 Å². The van der Waals surface area contributed by atoms with E-state index in [1.165, 1.54) is 5.56 Å². The Bertz CT molecular complexity index is 410. The molecular formula is C15H22O2. The van der Waals surface area contributed by atoms with Gasteiger partial charge in [-0.25, -0.2) is 0 Å². The second-order valence-electron chi connectivity index (χ2n) is 5.57. The lowest BCUT2D eigenvalue weighted by atomic mass is 9.72. The summed E-state index contributed by atoms with van der Waals surface area (Å²) in [7, 11) is 0. The summed E-state index contributed by atoms with van der Waals surface area (Å²) in [6.45, 7) is 6.61. The van der Waals surface area contributed by atoms with Gasteiger partial charge >= 0.3 is 0 Å². The molecule has 94 valence electrons. The van der Waals surface area contributed by atoms with Crippen molar-refractivity contribution < 1.29 is 10.2 Å². The SMILES string of the molecule is Cc1cc2c(cc1O)C(CO)CCC2C(C)C. The third-order valence-electron chi connectivity index (χ3n) is 4.09. The van der Waals surface area contributed by atoms with Crippen molar-refractivity contribution in [1.82, 2.24) is 0 Å². The Balaban J connectivity index is 2.51. The minimum absolute atomic E-state index is 0.181. The van der Waals surface area contributed by atoms with E-state index in [9.17, 15) is 10.2 Å². The molecule has 1 aliphatic rings. The molecule has 2 N–H and O–H groups in total. The van der Waals surface area contributed by atoms with Gasteiger partial charge in [-0.3, -0.25) is 0 Å². The molecule has 1 aromatic carbocycles. The van der Waals surface area contributed by atoms with E-state index in [0.29, 0.717) is 17.6 Å². The Labute approximate surface area is 103 Å². The maximum absolute atomic E-state index is 9.83. The normalized spacial score (nSPS) is 23.8. The van der Waals surface area contributed by atoms with E-state index in [4.69, 9.17) is 0 Å². The van der Waals surface area contributed by atoms with Gasteiger partial charge in [0.25, 0.3) is 0 Å². The third kappa shape index (κ3) is 2.19. The molecule has 2 atom stereocenters. The van der Waals surface area contributed by atoms with Crippen LogP contribution in [0.1, 0.15) is 55.2 Å². The Hall–Kier alpha value is -1.02. The highest BCUT2D eigenvalue weighted by Crippen LogP contribution is 2.44. The number of aryl methyl sites for hydroxylation is 1. The molecule has 17 heavy (non-hydrogen) atoms. The highest BCUT2D eigenvalue weighted by Gasteiger charge is 2.29. The summed E-state index contributed by atoms with van der Waals surface area (Å²) in [5.74, 6) is 1.72. The average Bonchev–Trinajstić information content (AvgIpc) is 2.29. The van der Waals surface area contributed by atoms with Gasteiger partial charge in [0.2, 0.25) is 0 Å². The van der Waals surface area contributed by atoms with Crippen LogP contribution in [0, 0.1) is 12.8 Å². The van der Waals surface area contributed by atoms with E-state index in [0.717, 1.165) is 24.0 Å². The van der Waals surface area contributed by atoms with Gasteiger partial charge in [-0.1, -0.05) is 19.9 Å². The number of fused-ring (bicyclic) bond motifs is 1. The molecule has 1 aliphatic carbocycles. The summed E-state index contributed by atoms with van der Waals surface area (Å²) in [6.07, 6.45) is 2.16. The molecule has 0 saturated carbocycles. The molecule has 2 rings (SSSR count). The van der Waals surface area contributed by atoms with E-state index >= 15 is 0 Å². The van der Waals surface area contributed by atoms with Crippen molar-refractivity contribution in [2.45, 2.75) is 45.4 Å². The zero-order chi connectivity index (χ0) is 12.6. The van der Waals surface area contributed by atoms with Crippen molar-refractivity contribution in [2.75, 3.05) is 6.61 Å². The third-order valence-corrected chi connectivity index (χ3v) is 4.09. The molecule has 0 aliphatic heterocycles. The van der Waals surface area contributed by atoms with Gasteiger partial charge in [-0.2, -0.15) is 0 Å². The average molecular weight is 234 g/mol. The van der Waals surface area contributed by atoms with E-state index in [1.807, 2.05) is 13.0 Å². The molecule has 1 aromatic rings. The van der Waals surface area contributed by atoms with Gasteiger partial charge in [0, 0.05) is 12.5 Å². The molecule has 2 unspecified atom stereocenters. The zero-order valence-corrected chi connectivity index (χ0v) is 10.9. The lowest BCUT2D eigenvalue weighted by molar-refractivity contribution is 0.242. The fourth-order valence-corrected chi connectivity index (χ4v) is 2.98. The Morgan fingerprint density at radius 3 is 2.53 bits per heavy atom. The lowest BCUT2D eigenvalue weighted by Gasteiger charge is -2.33. The second kappa shape index (κ2) is 4.69. The first-order valence-electron chi connectivity index (χ1n) is 6.48. The van der Waals surface area contributed by atoms with E-state index < -0.39 is 0 Å². The first-order valence-corrected chi connectivity index (χ1v) is 6.48. The number of benzene rings is 1. The topological polar surface area (TPSA) is 40.5 Å². The molecule has 0 spiro atoms.